The summed E-state index contributed by atoms with van der Waals surface area (Å²) in [5.41, 5.74) is -0.116. The van der Waals surface area contributed by atoms with E-state index in [4.69, 9.17) is 14.2 Å². The Balaban J connectivity index is 1.41. The number of benzene rings is 2. The molecule has 0 bridgehead atoms. The number of β-amino-alcohol motifs (C(OH)–C–C–N with tert-alkyl or cyclic N) is 1. The number of carbonyl (C=O) groups excluding carboxylic acids is 4. The van der Waals surface area contributed by atoms with Crippen LogP contribution in [0.2, 0.25) is 0 Å². The first kappa shape index (κ1) is 29.6. The van der Waals surface area contributed by atoms with E-state index in [1.807, 2.05) is 30.3 Å². The third-order valence-corrected chi connectivity index (χ3v) is 8.79. The molecule has 2 saturated heterocycles. The van der Waals surface area contributed by atoms with Gasteiger partial charge in [0.25, 0.3) is 5.91 Å². The Labute approximate surface area is 255 Å². The molecule has 11 heteroatoms. The lowest BCUT2D eigenvalue weighted by Gasteiger charge is -2.35. The smallest absolute Gasteiger partial charge is 0.306 e. The number of aliphatic hydroxyl groups excluding tert-OH is 1. The topological polar surface area (TPSA) is 135 Å². The highest BCUT2D eigenvalue weighted by molar-refractivity contribution is 6.05. The van der Waals surface area contributed by atoms with Crippen molar-refractivity contribution in [1.82, 2.24) is 10.2 Å². The number of rotatable bonds is 5. The molecule has 11 nitrogen and oxygen atoms in total. The quantitative estimate of drug-likeness (QED) is 0.392. The molecule has 44 heavy (non-hydrogen) atoms. The Hall–Kier alpha value is -4.48. The van der Waals surface area contributed by atoms with Crippen molar-refractivity contribution in [3.63, 3.8) is 0 Å². The standard InChI is InChI=1S/C33H35N3O8/c1-42-23-14-12-22(13-15-23)35-17-7-16-33-28(31(40)36(18-19-37)29(33)32(35)41)27-25(44-33)10-5-6-11-26(38)43-20-24(34-30(27)39)21-8-3-2-4-9-21/h2-5,7-10,12-16,24-25,27-29,37H,6,11,17-20H2,1H3,(H,34,39)/b10-5-/t24-,25+,27-,28-,29+,33-/m0/s1. The molecule has 0 saturated carbocycles. The van der Waals surface area contributed by atoms with Gasteiger partial charge < -0.3 is 34.4 Å². The van der Waals surface area contributed by atoms with Crippen molar-refractivity contribution >= 4 is 29.4 Å². The minimum absolute atomic E-state index is 0.0746. The number of methoxy groups -OCH3 is 1. The number of allylic oxidation sites excluding steroid dienone is 1. The molecule has 230 valence electrons. The largest absolute Gasteiger partial charge is 0.497 e. The van der Waals surface area contributed by atoms with Gasteiger partial charge in [0.1, 0.15) is 24.0 Å². The lowest BCUT2D eigenvalue weighted by Crippen LogP contribution is -2.55. The van der Waals surface area contributed by atoms with Gasteiger partial charge in [-0.05, 0) is 36.2 Å². The second-order valence-corrected chi connectivity index (χ2v) is 11.3. The third kappa shape index (κ3) is 5.16. The number of hydrogen-bond donors (Lipinski definition) is 2. The van der Waals surface area contributed by atoms with Crippen molar-refractivity contribution in [2.75, 3.05) is 38.3 Å². The number of aliphatic hydroxyl groups is 1. The summed E-state index contributed by atoms with van der Waals surface area (Å²) in [5.74, 6) is -3.06. The lowest BCUT2D eigenvalue weighted by molar-refractivity contribution is -0.146. The number of esters is 1. The van der Waals surface area contributed by atoms with E-state index < -0.39 is 53.4 Å². The molecule has 2 aromatic rings. The molecule has 6 rings (SSSR count). The minimum atomic E-state index is -1.46. The Bertz CT molecular complexity index is 1480. The molecule has 2 aromatic carbocycles. The highest BCUT2D eigenvalue weighted by Gasteiger charge is 2.71. The molecule has 4 aliphatic heterocycles. The third-order valence-electron chi connectivity index (χ3n) is 8.79. The maximum Gasteiger partial charge on any atom is 0.306 e. The number of hydrogen-bond acceptors (Lipinski definition) is 8. The lowest BCUT2D eigenvalue weighted by atomic mass is 9.77. The normalized spacial score (nSPS) is 31.1. The molecule has 4 aliphatic rings. The summed E-state index contributed by atoms with van der Waals surface area (Å²) >= 11 is 0. The predicted octanol–water partition coefficient (Wildman–Crippen LogP) is 1.92. The van der Waals surface area contributed by atoms with Crippen molar-refractivity contribution in [2.24, 2.45) is 11.8 Å². The van der Waals surface area contributed by atoms with Gasteiger partial charge in [-0.3, -0.25) is 19.2 Å². The van der Waals surface area contributed by atoms with Gasteiger partial charge in [0.15, 0.2) is 0 Å². The zero-order valence-corrected chi connectivity index (χ0v) is 24.3. The zero-order valence-electron chi connectivity index (χ0n) is 24.3. The summed E-state index contributed by atoms with van der Waals surface area (Å²) in [7, 11) is 1.56. The van der Waals surface area contributed by atoms with Gasteiger partial charge in [-0.25, -0.2) is 0 Å². The molecule has 2 N–H and O–H groups in total. The summed E-state index contributed by atoms with van der Waals surface area (Å²) in [5, 5.41) is 13.0. The van der Waals surface area contributed by atoms with Gasteiger partial charge in [-0.2, -0.15) is 0 Å². The van der Waals surface area contributed by atoms with E-state index >= 15 is 0 Å². The fraction of sp³-hybridized carbons (Fsp3) is 0.394. The van der Waals surface area contributed by atoms with Crippen LogP contribution in [0.1, 0.15) is 24.4 Å². The van der Waals surface area contributed by atoms with Crippen molar-refractivity contribution in [1.29, 1.82) is 0 Å². The predicted molar refractivity (Wildman–Crippen MR) is 158 cm³/mol. The summed E-state index contributed by atoms with van der Waals surface area (Å²) < 4.78 is 17.4. The maximum absolute atomic E-state index is 14.4. The van der Waals surface area contributed by atoms with Crippen LogP contribution in [0.4, 0.5) is 5.69 Å². The van der Waals surface area contributed by atoms with Crippen LogP contribution in [-0.2, 0) is 28.7 Å². The van der Waals surface area contributed by atoms with E-state index in [9.17, 15) is 24.3 Å². The summed E-state index contributed by atoms with van der Waals surface area (Å²) in [4.78, 5) is 58.1. The molecule has 1 spiro atoms. The van der Waals surface area contributed by atoms with E-state index in [1.54, 1.807) is 60.6 Å². The van der Waals surface area contributed by atoms with E-state index in [0.29, 0.717) is 17.9 Å². The van der Waals surface area contributed by atoms with Crippen LogP contribution in [0, 0.1) is 11.8 Å². The number of amides is 3. The fourth-order valence-corrected chi connectivity index (χ4v) is 6.78. The first-order valence-electron chi connectivity index (χ1n) is 14.8. The van der Waals surface area contributed by atoms with Crippen LogP contribution >= 0.6 is 0 Å². The molecule has 3 amide bonds. The van der Waals surface area contributed by atoms with E-state index in [2.05, 4.69) is 5.32 Å². The van der Waals surface area contributed by atoms with Gasteiger partial charge in [-0.15, -0.1) is 0 Å². The Morgan fingerprint density at radius 1 is 1.02 bits per heavy atom. The van der Waals surface area contributed by atoms with Gasteiger partial charge in [0.2, 0.25) is 11.8 Å². The van der Waals surface area contributed by atoms with Gasteiger partial charge in [0.05, 0.1) is 37.7 Å². The number of nitrogens with one attached hydrogen (secondary N) is 1. The van der Waals surface area contributed by atoms with Crippen molar-refractivity contribution in [3.05, 3.63) is 84.5 Å². The molecule has 6 atom stereocenters. The van der Waals surface area contributed by atoms with Gasteiger partial charge >= 0.3 is 5.97 Å². The number of fused-ring (bicyclic) bond motifs is 2. The molecule has 0 aliphatic carbocycles. The Morgan fingerprint density at radius 2 is 1.80 bits per heavy atom. The Kier molecular flexibility index (Phi) is 8.24. The second-order valence-electron chi connectivity index (χ2n) is 11.3. The molecule has 4 heterocycles. The van der Waals surface area contributed by atoms with E-state index in [-0.39, 0.29) is 38.6 Å². The molecule has 2 fully saturated rings. The number of anilines is 1. The molecule has 0 radical (unpaired) electrons. The van der Waals surface area contributed by atoms with Crippen LogP contribution in [0.5, 0.6) is 5.75 Å². The minimum Gasteiger partial charge on any atom is -0.497 e. The molecular weight excluding hydrogens is 566 g/mol. The summed E-state index contributed by atoms with van der Waals surface area (Å²) in [6, 6.07) is 14.4. The SMILES string of the molecule is COc1ccc(N2CC=C[C@]34O[C@@H]5/C=C\CCC(=O)OC[C@@H](c6ccccc6)NC(=O)[C@@H]5[C@H]3C(=O)N(CCO)[C@@H]4C2=O)cc1. The van der Waals surface area contributed by atoms with Gasteiger partial charge in [-0.1, -0.05) is 54.6 Å². The monoisotopic (exact) mass is 601 g/mol. The average Bonchev–Trinajstić information content (AvgIpc) is 3.41. The van der Waals surface area contributed by atoms with E-state index in [1.165, 1.54) is 4.90 Å². The second kappa shape index (κ2) is 12.3. The Morgan fingerprint density at radius 3 is 2.52 bits per heavy atom. The summed E-state index contributed by atoms with van der Waals surface area (Å²) in [6.45, 7) is -0.326. The number of cyclic esters (lactones) is 1. The van der Waals surface area contributed by atoms with Crippen molar-refractivity contribution < 1.29 is 38.5 Å². The zero-order chi connectivity index (χ0) is 30.8. The number of carbonyl (C=O) groups is 4. The highest BCUT2D eigenvalue weighted by Crippen LogP contribution is 2.53. The van der Waals surface area contributed by atoms with E-state index in [0.717, 1.165) is 5.56 Å². The average molecular weight is 602 g/mol. The first-order valence-corrected chi connectivity index (χ1v) is 14.8. The number of nitrogens with zero attached hydrogens (tertiary/aromatic N) is 2. The molecule has 0 unspecified atom stereocenters. The summed E-state index contributed by atoms with van der Waals surface area (Å²) in [6.07, 6.45) is 6.63. The van der Waals surface area contributed by atoms with Crippen LogP contribution < -0.4 is 15.0 Å². The van der Waals surface area contributed by atoms with Crippen molar-refractivity contribution in [3.8, 4) is 5.75 Å². The van der Waals surface area contributed by atoms with Crippen LogP contribution in [0.15, 0.2) is 78.9 Å². The fourth-order valence-electron chi connectivity index (χ4n) is 6.78. The number of likely N-dealkylation sites (tertiary alicyclic amines) is 1. The number of ether oxygens (including phenoxy) is 3. The van der Waals surface area contributed by atoms with Crippen LogP contribution in [0.3, 0.4) is 0 Å². The maximum atomic E-state index is 14.4. The van der Waals surface area contributed by atoms with Crippen molar-refractivity contribution in [2.45, 2.75) is 36.6 Å². The van der Waals surface area contributed by atoms with Crippen LogP contribution in [-0.4, -0.2) is 84.9 Å². The molecule has 0 aromatic heterocycles. The van der Waals surface area contributed by atoms with Gasteiger partial charge in [0, 0.05) is 25.2 Å². The first-order chi connectivity index (χ1) is 21.4. The molecular formula is C33H35N3O8. The highest BCUT2D eigenvalue weighted by atomic mass is 16.5. The van der Waals surface area contributed by atoms with Crippen LogP contribution in [0.25, 0.3) is 0 Å².